The minimum atomic E-state index is -0.871. The van der Waals surface area contributed by atoms with Gasteiger partial charge in [-0.2, -0.15) is 0 Å². The lowest BCUT2D eigenvalue weighted by Crippen LogP contribution is -2.44. The fraction of sp³-hybridized carbons (Fsp3) is 0.600. The van der Waals surface area contributed by atoms with Crippen LogP contribution in [-0.4, -0.2) is 75.5 Å². The zero-order chi connectivity index (χ0) is 27.9. The van der Waals surface area contributed by atoms with Crippen LogP contribution in [0.5, 0.6) is 11.5 Å². The molecule has 2 aliphatic rings. The summed E-state index contributed by atoms with van der Waals surface area (Å²) in [7, 11) is 1.99. The number of likely N-dealkylation sites (tertiary alicyclic amines) is 1. The number of amides is 1. The molecule has 0 radical (unpaired) electrons. The Hall–Kier alpha value is -3.04. The van der Waals surface area contributed by atoms with E-state index < -0.39 is 11.9 Å². The van der Waals surface area contributed by atoms with Crippen LogP contribution in [0, 0.1) is 5.92 Å². The summed E-state index contributed by atoms with van der Waals surface area (Å²) in [6, 6.07) is 7.42. The van der Waals surface area contributed by atoms with Crippen LogP contribution in [0.4, 0.5) is 0 Å². The molecule has 0 saturated carbocycles. The number of unbranched alkanes of at least 4 members (excludes halogenated alkanes) is 2. The first-order valence-corrected chi connectivity index (χ1v) is 14.3. The lowest BCUT2D eigenvalue weighted by atomic mass is 9.83. The molecule has 1 aromatic heterocycles. The van der Waals surface area contributed by atoms with E-state index in [-0.39, 0.29) is 37.8 Å². The number of aliphatic hydroxyl groups excluding tert-OH is 1. The fourth-order valence-electron chi connectivity index (χ4n) is 6.01. The number of aromatic nitrogens is 1. The third kappa shape index (κ3) is 6.58. The summed E-state index contributed by atoms with van der Waals surface area (Å²) >= 11 is 0. The van der Waals surface area contributed by atoms with Gasteiger partial charge in [0.2, 0.25) is 12.7 Å². The van der Waals surface area contributed by atoms with Crippen molar-refractivity contribution in [2.24, 2.45) is 13.0 Å². The molecule has 4 rings (SSSR count). The van der Waals surface area contributed by atoms with Gasteiger partial charge in [-0.3, -0.25) is 14.5 Å². The van der Waals surface area contributed by atoms with Crippen molar-refractivity contribution < 1.29 is 29.3 Å². The molecule has 2 N–H and O–H groups in total. The predicted molar refractivity (Wildman–Crippen MR) is 148 cm³/mol. The first kappa shape index (κ1) is 29.0. The minimum Gasteiger partial charge on any atom is -0.481 e. The number of carbonyl (C=O) groups is 2. The van der Waals surface area contributed by atoms with Crippen LogP contribution < -0.4 is 9.47 Å². The summed E-state index contributed by atoms with van der Waals surface area (Å²) in [4.78, 5) is 30.4. The number of rotatable bonds is 14. The normalized spacial score (nSPS) is 20.5. The molecular weight excluding hydrogens is 498 g/mol. The largest absolute Gasteiger partial charge is 0.481 e. The molecule has 0 aliphatic carbocycles. The Morgan fingerprint density at radius 1 is 1.13 bits per heavy atom. The molecule has 3 atom stereocenters. The third-order valence-corrected chi connectivity index (χ3v) is 8.21. The first-order valence-electron chi connectivity index (χ1n) is 14.3. The van der Waals surface area contributed by atoms with Gasteiger partial charge < -0.3 is 29.2 Å². The highest BCUT2D eigenvalue weighted by Crippen LogP contribution is 2.44. The highest BCUT2D eigenvalue weighted by atomic mass is 16.7. The third-order valence-electron chi connectivity index (χ3n) is 8.21. The predicted octanol–water partition coefficient (Wildman–Crippen LogP) is 3.78. The second-order valence-corrected chi connectivity index (χ2v) is 10.8. The summed E-state index contributed by atoms with van der Waals surface area (Å²) < 4.78 is 13.2. The molecule has 1 amide bonds. The maximum Gasteiger partial charge on any atom is 0.308 e. The molecule has 1 aromatic carbocycles. The Morgan fingerprint density at radius 3 is 2.49 bits per heavy atom. The number of carboxylic acids is 1. The van der Waals surface area contributed by atoms with Crippen LogP contribution in [0.1, 0.15) is 68.7 Å². The Labute approximate surface area is 231 Å². The number of aliphatic hydroxyl groups is 1. The van der Waals surface area contributed by atoms with Gasteiger partial charge in [0.25, 0.3) is 0 Å². The number of fused-ring (bicyclic) bond motifs is 1. The average molecular weight is 542 g/mol. The topological polar surface area (TPSA) is 104 Å². The summed E-state index contributed by atoms with van der Waals surface area (Å²) in [5.41, 5.74) is 2.51. The van der Waals surface area contributed by atoms with Crippen molar-refractivity contribution in [2.75, 3.05) is 33.0 Å². The summed E-state index contributed by atoms with van der Waals surface area (Å²) in [5, 5.41) is 20.5. The fourth-order valence-corrected chi connectivity index (χ4v) is 6.01. The van der Waals surface area contributed by atoms with Crippen molar-refractivity contribution in [1.29, 1.82) is 0 Å². The maximum atomic E-state index is 13.6. The lowest BCUT2D eigenvalue weighted by Gasteiger charge is -2.30. The molecule has 0 spiro atoms. The standard InChI is InChI=1S/C30H43N3O6/c1-4-6-13-32(14-7-5-2)27(35)18-33-17-24(21-15-22(19-34)29-26(16-21)38-20-39-29)28(30(36)37)25(33)11-10-23-9-8-12-31(23)3/h8-9,12,15-16,24-25,28,34H,4-7,10-11,13-14,17-20H2,1-3H3,(H,36,37)/t24-,25+,28-/m1/s1. The molecule has 3 heterocycles. The van der Waals surface area contributed by atoms with Gasteiger partial charge in [-0.05, 0) is 55.5 Å². The second-order valence-electron chi connectivity index (χ2n) is 10.8. The molecular formula is C30H43N3O6. The minimum absolute atomic E-state index is 0.0623. The van der Waals surface area contributed by atoms with Gasteiger partial charge in [0.05, 0.1) is 19.1 Å². The van der Waals surface area contributed by atoms with Crippen molar-refractivity contribution >= 4 is 11.9 Å². The molecule has 0 unspecified atom stereocenters. The van der Waals surface area contributed by atoms with Gasteiger partial charge >= 0.3 is 5.97 Å². The molecule has 39 heavy (non-hydrogen) atoms. The molecule has 1 fully saturated rings. The van der Waals surface area contributed by atoms with Crippen LogP contribution in [0.2, 0.25) is 0 Å². The van der Waals surface area contributed by atoms with E-state index in [0.717, 1.165) is 50.0 Å². The number of aliphatic carboxylic acids is 1. The van der Waals surface area contributed by atoms with Gasteiger partial charge in [0.15, 0.2) is 11.5 Å². The number of benzene rings is 1. The Balaban J connectivity index is 1.64. The monoisotopic (exact) mass is 541 g/mol. The van der Waals surface area contributed by atoms with E-state index in [1.165, 1.54) is 0 Å². The number of carboxylic acid groups (broad SMARTS) is 1. The van der Waals surface area contributed by atoms with Crippen molar-refractivity contribution in [3.05, 3.63) is 47.3 Å². The number of hydrogen-bond donors (Lipinski definition) is 2. The van der Waals surface area contributed by atoms with Crippen LogP contribution in [0.15, 0.2) is 30.5 Å². The van der Waals surface area contributed by atoms with Crippen molar-refractivity contribution in [2.45, 2.75) is 70.9 Å². The van der Waals surface area contributed by atoms with Crippen LogP contribution in [0.25, 0.3) is 0 Å². The number of hydrogen-bond acceptors (Lipinski definition) is 6. The van der Waals surface area contributed by atoms with Crippen molar-refractivity contribution in [1.82, 2.24) is 14.4 Å². The average Bonchev–Trinajstić information content (AvgIpc) is 3.65. The van der Waals surface area contributed by atoms with Gasteiger partial charge in [0, 0.05) is 56.1 Å². The van der Waals surface area contributed by atoms with E-state index in [0.29, 0.717) is 36.4 Å². The number of carbonyl (C=O) groups excluding carboxylic acids is 1. The van der Waals surface area contributed by atoms with E-state index in [4.69, 9.17) is 9.47 Å². The molecule has 2 aromatic rings. The summed E-state index contributed by atoms with van der Waals surface area (Å²) in [5.74, 6) is -0.823. The van der Waals surface area contributed by atoms with Gasteiger partial charge in [-0.15, -0.1) is 0 Å². The van der Waals surface area contributed by atoms with E-state index >= 15 is 0 Å². The molecule has 9 heteroatoms. The Morgan fingerprint density at radius 2 is 1.87 bits per heavy atom. The van der Waals surface area contributed by atoms with E-state index in [1.54, 1.807) is 0 Å². The molecule has 2 aliphatic heterocycles. The second kappa shape index (κ2) is 13.3. The Bertz CT molecular complexity index is 1120. The Kier molecular flexibility index (Phi) is 9.91. The zero-order valence-electron chi connectivity index (χ0n) is 23.5. The highest BCUT2D eigenvalue weighted by Gasteiger charge is 2.47. The van der Waals surface area contributed by atoms with Crippen LogP contribution in [-0.2, 0) is 29.7 Å². The van der Waals surface area contributed by atoms with Crippen LogP contribution >= 0.6 is 0 Å². The van der Waals surface area contributed by atoms with E-state index in [1.807, 2.05) is 36.3 Å². The molecule has 1 saturated heterocycles. The van der Waals surface area contributed by atoms with Crippen molar-refractivity contribution in [3.63, 3.8) is 0 Å². The number of nitrogens with zero attached hydrogens (tertiary/aromatic N) is 3. The lowest BCUT2D eigenvalue weighted by molar-refractivity contribution is -0.143. The quantitative estimate of drug-likeness (QED) is 0.375. The summed E-state index contributed by atoms with van der Waals surface area (Å²) in [6.07, 6.45) is 7.26. The van der Waals surface area contributed by atoms with E-state index in [2.05, 4.69) is 29.4 Å². The van der Waals surface area contributed by atoms with Crippen LogP contribution in [0.3, 0.4) is 0 Å². The zero-order valence-corrected chi connectivity index (χ0v) is 23.5. The first-order chi connectivity index (χ1) is 18.9. The van der Waals surface area contributed by atoms with Gasteiger partial charge in [-0.25, -0.2) is 0 Å². The smallest absolute Gasteiger partial charge is 0.308 e. The molecule has 214 valence electrons. The van der Waals surface area contributed by atoms with Gasteiger partial charge in [0.1, 0.15) is 0 Å². The maximum absolute atomic E-state index is 13.6. The highest BCUT2D eigenvalue weighted by molar-refractivity contribution is 5.79. The van der Waals surface area contributed by atoms with E-state index in [9.17, 15) is 19.8 Å². The SMILES string of the molecule is CCCCN(CCCC)C(=O)CN1C[C@H](c2cc(CO)c3c(c2)OCO3)[C@@H](C(=O)O)[C@@H]1CCc1cccn1C. The van der Waals surface area contributed by atoms with Gasteiger partial charge in [-0.1, -0.05) is 26.7 Å². The van der Waals surface area contributed by atoms with Crippen molar-refractivity contribution in [3.8, 4) is 11.5 Å². The molecule has 0 bridgehead atoms. The number of aryl methyl sites for hydroxylation is 2. The number of ether oxygens (including phenoxy) is 2. The molecule has 9 nitrogen and oxygen atoms in total. The summed E-state index contributed by atoms with van der Waals surface area (Å²) in [6.45, 7) is 6.18.